The number of aromatic nitrogens is 1. The van der Waals surface area contributed by atoms with Crippen molar-refractivity contribution in [2.75, 3.05) is 4.90 Å². The summed E-state index contributed by atoms with van der Waals surface area (Å²) >= 11 is 0. The summed E-state index contributed by atoms with van der Waals surface area (Å²) in [5, 5.41) is 9.16. The molecule has 3 nitrogen and oxygen atoms in total. The van der Waals surface area contributed by atoms with Crippen molar-refractivity contribution >= 4 is 11.5 Å². The van der Waals surface area contributed by atoms with Crippen LogP contribution in [0.25, 0.3) is 0 Å². The van der Waals surface area contributed by atoms with E-state index in [2.05, 4.69) is 11.1 Å². The Morgan fingerprint density at radius 2 is 2.16 bits per heavy atom. The molecule has 1 aromatic heterocycles. The van der Waals surface area contributed by atoms with Crippen LogP contribution in [-0.4, -0.2) is 16.1 Å². The number of anilines is 2. The lowest BCUT2D eigenvalue weighted by molar-refractivity contribution is 0.275. The van der Waals surface area contributed by atoms with Crippen molar-refractivity contribution in [2.24, 2.45) is 0 Å². The fourth-order valence-corrected chi connectivity index (χ4v) is 2.65. The van der Waals surface area contributed by atoms with Crippen LogP contribution in [0.1, 0.15) is 18.1 Å². The maximum absolute atomic E-state index is 14.3. The molecule has 1 aliphatic rings. The highest BCUT2D eigenvalue weighted by Gasteiger charge is 2.30. The zero-order valence-corrected chi connectivity index (χ0v) is 10.7. The van der Waals surface area contributed by atoms with Gasteiger partial charge in [0.1, 0.15) is 0 Å². The van der Waals surface area contributed by atoms with Crippen LogP contribution in [0.4, 0.5) is 15.9 Å². The molecule has 1 unspecified atom stereocenters. The Kier molecular flexibility index (Phi) is 2.95. The van der Waals surface area contributed by atoms with Crippen molar-refractivity contribution < 1.29 is 9.50 Å². The van der Waals surface area contributed by atoms with Crippen LogP contribution in [-0.2, 0) is 13.0 Å². The molecule has 2 heterocycles. The molecule has 1 aliphatic heterocycles. The molecule has 1 atom stereocenters. The van der Waals surface area contributed by atoms with E-state index in [0.717, 1.165) is 12.1 Å². The summed E-state index contributed by atoms with van der Waals surface area (Å²) in [4.78, 5) is 6.06. The monoisotopic (exact) mass is 258 g/mol. The van der Waals surface area contributed by atoms with E-state index < -0.39 is 5.82 Å². The van der Waals surface area contributed by atoms with Gasteiger partial charge < -0.3 is 10.0 Å². The molecule has 98 valence electrons. The summed E-state index contributed by atoms with van der Waals surface area (Å²) in [5.74, 6) is -0.141. The number of halogens is 1. The number of para-hydroxylation sites is 1. The maximum atomic E-state index is 14.3. The molecule has 1 aromatic carbocycles. The van der Waals surface area contributed by atoms with Gasteiger partial charge in [-0.15, -0.1) is 0 Å². The van der Waals surface area contributed by atoms with Gasteiger partial charge in [-0.2, -0.15) is 0 Å². The van der Waals surface area contributed by atoms with Gasteiger partial charge in [0.2, 0.25) is 0 Å². The fourth-order valence-electron chi connectivity index (χ4n) is 2.65. The molecule has 19 heavy (non-hydrogen) atoms. The van der Waals surface area contributed by atoms with Crippen LogP contribution in [0.5, 0.6) is 0 Å². The number of aliphatic hydroxyl groups is 1. The molecule has 0 bridgehead atoms. The zero-order chi connectivity index (χ0) is 13.4. The molecule has 3 rings (SSSR count). The number of pyridine rings is 1. The first-order valence-electron chi connectivity index (χ1n) is 6.33. The van der Waals surface area contributed by atoms with Gasteiger partial charge in [-0.25, -0.2) is 9.37 Å². The van der Waals surface area contributed by atoms with Gasteiger partial charge in [0, 0.05) is 23.5 Å². The lowest BCUT2D eigenvalue weighted by atomic mass is 10.1. The van der Waals surface area contributed by atoms with E-state index in [1.54, 1.807) is 0 Å². The highest BCUT2D eigenvalue weighted by Crippen LogP contribution is 2.38. The van der Waals surface area contributed by atoms with Crippen molar-refractivity contribution in [3.8, 4) is 0 Å². The van der Waals surface area contributed by atoms with E-state index in [9.17, 15) is 4.39 Å². The van der Waals surface area contributed by atoms with E-state index in [-0.39, 0.29) is 18.2 Å². The second-order valence-electron chi connectivity index (χ2n) is 4.82. The molecule has 0 aliphatic carbocycles. The zero-order valence-electron chi connectivity index (χ0n) is 10.7. The Labute approximate surface area is 111 Å². The largest absolute Gasteiger partial charge is 0.392 e. The lowest BCUT2D eigenvalue weighted by Gasteiger charge is -2.24. The number of benzene rings is 1. The number of nitrogens with zero attached hydrogens (tertiary/aromatic N) is 2. The molecule has 1 N–H and O–H groups in total. The highest BCUT2D eigenvalue weighted by atomic mass is 19.1. The van der Waals surface area contributed by atoms with E-state index >= 15 is 0 Å². The van der Waals surface area contributed by atoms with Gasteiger partial charge in [0.15, 0.2) is 11.6 Å². The van der Waals surface area contributed by atoms with Crippen molar-refractivity contribution in [1.82, 2.24) is 4.98 Å². The molecule has 0 saturated carbocycles. The van der Waals surface area contributed by atoms with Crippen LogP contribution in [0.3, 0.4) is 0 Å². The molecule has 4 heteroatoms. The number of hydrogen-bond donors (Lipinski definition) is 1. The fraction of sp³-hybridized carbons (Fsp3) is 0.267. The smallest absolute Gasteiger partial charge is 0.171 e. The van der Waals surface area contributed by atoms with Gasteiger partial charge in [-0.1, -0.05) is 18.2 Å². The first-order valence-corrected chi connectivity index (χ1v) is 6.33. The summed E-state index contributed by atoms with van der Waals surface area (Å²) < 4.78 is 14.3. The van der Waals surface area contributed by atoms with Crippen molar-refractivity contribution in [3.05, 3.63) is 53.5 Å². The number of hydrogen-bond acceptors (Lipinski definition) is 3. The summed E-state index contributed by atoms with van der Waals surface area (Å²) in [6, 6.07) is 9.63. The van der Waals surface area contributed by atoms with Gasteiger partial charge in [0.05, 0.1) is 6.61 Å². The Bertz CT molecular complexity index is 615. The van der Waals surface area contributed by atoms with Gasteiger partial charge in [0.25, 0.3) is 0 Å². The topological polar surface area (TPSA) is 36.4 Å². The third-order valence-electron chi connectivity index (χ3n) is 3.56. The summed E-state index contributed by atoms with van der Waals surface area (Å²) in [6.45, 7) is 1.73. The second kappa shape index (κ2) is 4.63. The molecule has 0 spiro atoms. The van der Waals surface area contributed by atoms with Gasteiger partial charge in [-0.05, 0) is 31.0 Å². The molecule has 0 amide bonds. The van der Waals surface area contributed by atoms with Crippen molar-refractivity contribution in [3.63, 3.8) is 0 Å². The van der Waals surface area contributed by atoms with E-state index in [1.165, 1.54) is 17.8 Å². The van der Waals surface area contributed by atoms with Crippen molar-refractivity contribution in [1.29, 1.82) is 0 Å². The van der Waals surface area contributed by atoms with Gasteiger partial charge in [-0.3, -0.25) is 0 Å². The second-order valence-corrected chi connectivity index (χ2v) is 4.82. The highest BCUT2D eigenvalue weighted by molar-refractivity contribution is 5.69. The summed E-state index contributed by atoms with van der Waals surface area (Å²) in [6.07, 6.45) is 2.41. The molecule has 0 fully saturated rings. The van der Waals surface area contributed by atoms with Crippen LogP contribution in [0.2, 0.25) is 0 Å². The first-order chi connectivity index (χ1) is 9.22. The Morgan fingerprint density at radius 3 is 2.95 bits per heavy atom. The molecular formula is C15H15FN2O. The normalized spacial score (nSPS) is 17.6. The predicted octanol–water partition coefficient (Wildman–Crippen LogP) is 2.80. The number of aliphatic hydroxyl groups excluding tert-OH is 1. The van der Waals surface area contributed by atoms with E-state index in [1.807, 2.05) is 30.0 Å². The molecule has 0 saturated heterocycles. The summed E-state index contributed by atoms with van der Waals surface area (Å²) in [7, 11) is 0. The summed E-state index contributed by atoms with van der Waals surface area (Å²) in [5.41, 5.74) is 2.48. The van der Waals surface area contributed by atoms with Crippen LogP contribution in [0, 0.1) is 5.82 Å². The predicted molar refractivity (Wildman–Crippen MR) is 71.9 cm³/mol. The number of fused-ring (bicyclic) bond motifs is 1. The Hall–Kier alpha value is -1.94. The first kappa shape index (κ1) is 12.1. The van der Waals surface area contributed by atoms with E-state index in [0.29, 0.717) is 5.82 Å². The molecule has 2 aromatic rings. The average Bonchev–Trinajstić information content (AvgIpc) is 2.75. The minimum absolute atomic E-state index is 0.161. The molecular weight excluding hydrogens is 243 g/mol. The maximum Gasteiger partial charge on any atom is 0.171 e. The Morgan fingerprint density at radius 1 is 1.37 bits per heavy atom. The standard InChI is InChI=1S/C15H15FN2O/c1-10-8-11-4-2-3-5-13(11)18(10)15-14(16)12(9-19)6-7-17-15/h2-7,10,19H,8-9H2,1H3. The average molecular weight is 258 g/mol. The van der Waals surface area contributed by atoms with Crippen LogP contribution < -0.4 is 4.90 Å². The number of rotatable bonds is 2. The van der Waals surface area contributed by atoms with Crippen molar-refractivity contribution in [2.45, 2.75) is 26.0 Å². The third-order valence-corrected chi connectivity index (χ3v) is 3.56. The van der Waals surface area contributed by atoms with E-state index in [4.69, 9.17) is 5.11 Å². The lowest BCUT2D eigenvalue weighted by Crippen LogP contribution is -2.26. The van der Waals surface area contributed by atoms with Gasteiger partial charge >= 0.3 is 0 Å². The third kappa shape index (κ3) is 1.88. The minimum atomic E-state index is -0.437. The SMILES string of the molecule is CC1Cc2ccccc2N1c1nccc(CO)c1F. The Balaban J connectivity index is 2.12. The quantitative estimate of drug-likeness (QED) is 0.899. The molecule has 0 radical (unpaired) electrons. The van der Waals surface area contributed by atoms with Crippen LogP contribution >= 0.6 is 0 Å². The van der Waals surface area contributed by atoms with Crippen LogP contribution in [0.15, 0.2) is 36.5 Å². The minimum Gasteiger partial charge on any atom is -0.392 e.